The molecule has 1 rings (SSSR count). The summed E-state index contributed by atoms with van der Waals surface area (Å²) in [6.07, 6.45) is -5.14. The average molecular weight is 268 g/mol. The first-order chi connectivity index (χ1) is 7.92. The van der Waals surface area contributed by atoms with Crippen molar-refractivity contribution in [3.8, 4) is 0 Å². The van der Waals surface area contributed by atoms with Crippen LogP contribution in [0.25, 0.3) is 0 Å². The van der Waals surface area contributed by atoms with Crippen LogP contribution in [0.3, 0.4) is 0 Å². The van der Waals surface area contributed by atoms with Gasteiger partial charge in [-0.15, -0.1) is 11.3 Å². The maximum absolute atomic E-state index is 11.9. The molecule has 0 atom stereocenters. The number of hydrogen-bond acceptors (Lipinski definition) is 5. The maximum atomic E-state index is 11.9. The van der Waals surface area contributed by atoms with Crippen molar-refractivity contribution in [1.82, 2.24) is 4.98 Å². The lowest BCUT2D eigenvalue weighted by atomic mass is 10.4. The molecule has 0 aromatic carbocycles. The van der Waals surface area contributed by atoms with Crippen molar-refractivity contribution in [2.75, 3.05) is 18.5 Å². The van der Waals surface area contributed by atoms with Crippen LogP contribution in [0.15, 0.2) is 5.38 Å². The van der Waals surface area contributed by atoms with Gasteiger partial charge in [0.1, 0.15) is 0 Å². The Hall–Kier alpha value is -1.31. The van der Waals surface area contributed by atoms with E-state index >= 15 is 0 Å². The lowest BCUT2D eigenvalue weighted by Gasteiger charge is -2.05. The Balaban J connectivity index is 2.43. The summed E-state index contributed by atoms with van der Waals surface area (Å²) < 4.78 is 40.3. The zero-order chi connectivity index (χ0) is 12.9. The molecule has 1 aromatic heterocycles. The zero-order valence-electron chi connectivity index (χ0n) is 9.00. The Morgan fingerprint density at radius 1 is 1.59 bits per heavy atom. The molecule has 0 amide bonds. The van der Waals surface area contributed by atoms with E-state index in [2.05, 4.69) is 10.3 Å². The zero-order valence-corrected chi connectivity index (χ0v) is 9.82. The molecule has 8 heteroatoms. The maximum Gasteiger partial charge on any atom is 0.390 e. The number of esters is 1. The highest BCUT2D eigenvalue weighted by molar-refractivity contribution is 7.13. The van der Waals surface area contributed by atoms with E-state index in [9.17, 15) is 18.0 Å². The predicted molar refractivity (Wildman–Crippen MR) is 57.2 cm³/mol. The molecule has 0 saturated heterocycles. The molecule has 17 heavy (non-hydrogen) atoms. The van der Waals surface area contributed by atoms with Gasteiger partial charge in [-0.1, -0.05) is 0 Å². The average Bonchev–Trinajstić information content (AvgIpc) is 2.65. The van der Waals surface area contributed by atoms with Gasteiger partial charge >= 0.3 is 12.1 Å². The fraction of sp³-hybridized carbons (Fsp3) is 0.556. The van der Waals surface area contributed by atoms with E-state index in [4.69, 9.17) is 4.74 Å². The SMILES string of the molecule is CCOC(=O)c1csc(NCCC(F)(F)F)n1. The minimum atomic E-state index is -4.20. The number of nitrogens with zero attached hydrogens (tertiary/aromatic N) is 1. The highest BCUT2D eigenvalue weighted by atomic mass is 32.1. The largest absolute Gasteiger partial charge is 0.461 e. The number of hydrogen-bond donors (Lipinski definition) is 1. The van der Waals surface area contributed by atoms with Gasteiger partial charge in [0.05, 0.1) is 13.0 Å². The minimum absolute atomic E-state index is 0.103. The molecule has 1 N–H and O–H groups in total. The molecular formula is C9H11F3N2O2S. The summed E-state index contributed by atoms with van der Waals surface area (Å²) in [6.45, 7) is 1.62. The number of carbonyl (C=O) groups is 1. The topological polar surface area (TPSA) is 51.2 Å². The summed E-state index contributed by atoms with van der Waals surface area (Å²) in [5, 5.41) is 4.21. The Kier molecular flexibility index (Phi) is 4.73. The molecule has 0 fully saturated rings. The molecular weight excluding hydrogens is 257 g/mol. The standard InChI is InChI=1S/C9H11F3N2O2S/c1-2-16-7(15)6-5-17-8(14-6)13-4-3-9(10,11)12/h5H,2-4H2,1H3,(H,13,14). The number of halogens is 3. The number of nitrogens with one attached hydrogen (secondary N) is 1. The van der Waals surface area contributed by atoms with E-state index in [1.54, 1.807) is 6.92 Å². The second kappa shape index (κ2) is 5.85. The smallest absolute Gasteiger partial charge is 0.390 e. The quantitative estimate of drug-likeness (QED) is 0.834. The van der Waals surface area contributed by atoms with E-state index < -0.39 is 18.6 Å². The second-order valence-electron chi connectivity index (χ2n) is 3.05. The van der Waals surface area contributed by atoms with Gasteiger partial charge in [-0.05, 0) is 6.92 Å². The summed E-state index contributed by atoms with van der Waals surface area (Å²) in [5.41, 5.74) is 0.103. The number of carbonyl (C=O) groups excluding carboxylic acids is 1. The fourth-order valence-corrected chi connectivity index (χ4v) is 1.67. The summed E-state index contributed by atoms with van der Waals surface area (Å²) >= 11 is 1.06. The first kappa shape index (κ1) is 13.8. The highest BCUT2D eigenvalue weighted by Crippen LogP contribution is 2.21. The van der Waals surface area contributed by atoms with Crippen molar-refractivity contribution in [3.05, 3.63) is 11.1 Å². The Morgan fingerprint density at radius 2 is 2.29 bits per heavy atom. The van der Waals surface area contributed by atoms with Gasteiger partial charge in [0.2, 0.25) is 0 Å². The third kappa shape index (κ3) is 5.03. The fourth-order valence-electron chi connectivity index (χ4n) is 0.965. The number of thiazole rings is 1. The molecule has 0 spiro atoms. The first-order valence-corrected chi connectivity index (χ1v) is 5.73. The van der Waals surface area contributed by atoms with Gasteiger partial charge in [0.15, 0.2) is 10.8 Å². The molecule has 96 valence electrons. The lowest BCUT2D eigenvalue weighted by Crippen LogP contribution is -2.14. The molecule has 0 aliphatic carbocycles. The molecule has 0 bridgehead atoms. The normalized spacial score (nSPS) is 11.3. The van der Waals surface area contributed by atoms with Crippen LogP contribution in [0.1, 0.15) is 23.8 Å². The predicted octanol–water partition coefficient (Wildman–Crippen LogP) is 2.68. The summed E-state index contributed by atoms with van der Waals surface area (Å²) in [7, 11) is 0. The van der Waals surface area contributed by atoms with Crippen LogP contribution in [0.4, 0.5) is 18.3 Å². The number of anilines is 1. The van der Waals surface area contributed by atoms with Crippen LogP contribution in [0.5, 0.6) is 0 Å². The summed E-state index contributed by atoms with van der Waals surface area (Å²) in [5.74, 6) is -0.576. The van der Waals surface area contributed by atoms with E-state index in [0.29, 0.717) is 0 Å². The number of alkyl halides is 3. The Morgan fingerprint density at radius 3 is 2.88 bits per heavy atom. The van der Waals surface area contributed by atoms with Gasteiger partial charge in [-0.25, -0.2) is 9.78 Å². The van der Waals surface area contributed by atoms with Crippen LogP contribution < -0.4 is 5.32 Å². The molecule has 0 radical (unpaired) electrons. The van der Waals surface area contributed by atoms with Crippen molar-refractivity contribution in [2.45, 2.75) is 19.5 Å². The molecule has 1 aromatic rings. The third-order valence-electron chi connectivity index (χ3n) is 1.67. The minimum Gasteiger partial charge on any atom is -0.461 e. The van der Waals surface area contributed by atoms with Crippen molar-refractivity contribution in [3.63, 3.8) is 0 Å². The van der Waals surface area contributed by atoms with Crippen LogP contribution in [0, 0.1) is 0 Å². The van der Waals surface area contributed by atoms with Crippen molar-refractivity contribution in [2.24, 2.45) is 0 Å². The number of rotatable bonds is 5. The third-order valence-corrected chi connectivity index (χ3v) is 2.47. The van der Waals surface area contributed by atoms with Crippen molar-refractivity contribution < 1.29 is 22.7 Å². The summed E-state index contributed by atoms with van der Waals surface area (Å²) in [4.78, 5) is 15.0. The Bertz CT molecular complexity index is 379. The van der Waals surface area contributed by atoms with Crippen LogP contribution >= 0.6 is 11.3 Å². The van der Waals surface area contributed by atoms with Crippen LogP contribution in [-0.4, -0.2) is 30.3 Å². The van der Waals surface area contributed by atoms with Gasteiger partial charge in [-0.3, -0.25) is 0 Å². The van der Waals surface area contributed by atoms with Gasteiger partial charge in [0.25, 0.3) is 0 Å². The van der Waals surface area contributed by atoms with Crippen molar-refractivity contribution >= 4 is 22.4 Å². The molecule has 1 heterocycles. The van der Waals surface area contributed by atoms with E-state index in [-0.39, 0.29) is 24.0 Å². The molecule has 0 unspecified atom stereocenters. The van der Waals surface area contributed by atoms with Crippen LogP contribution in [0.2, 0.25) is 0 Å². The molecule has 0 aliphatic rings. The molecule has 0 saturated carbocycles. The van der Waals surface area contributed by atoms with E-state index in [1.807, 2.05) is 0 Å². The van der Waals surface area contributed by atoms with E-state index in [0.717, 1.165) is 11.3 Å². The summed E-state index contributed by atoms with van der Waals surface area (Å²) in [6, 6.07) is 0. The Labute approximate surface area is 99.8 Å². The second-order valence-corrected chi connectivity index (χ2v) is 3.91. The van der Waals surface area contributed by atoms with Gasteiger partial charge in [-0.2, -0.15) is 13.2 Å². The van der Waals surface area contributed by atoms with Crippen LogP contribution in [-0.2, 0) is 4.74 Å². The number of ether oxygens (including phenoxy) is 1. The van der Waals surface area contributed by atoms with Crippen molar-refractivity contribution in [1.29, 1.82) is 0 Å². The number of aromatic nitrogens is 1. The van der Waals surface area contributed by atoms with Gasteiger partial charge < -0.3 is 10.1 Å². The highest BCUT2D eigenvalue weighted by Gasteiger charge is 2.26. The molecule has 0 aliphatic heterocycles. The van der Waals surface area contributed by atoms with Gasteiger partial charge in [0, 0.05) is 11.9 Å². The lowest BCUT2D eigenvalue weighted by molar-refractivity contribution is -0.131. The first-order valence-electron chi connectivity index (χ1n) is 4.85. The van der Waals surface area contributed by atoms with E-state index in [1.165, 1.54) is 5.38 Å². The monoisotopic (exact) mass is 268 g/mol. The molecule has 4 nitrogen and oxygen atoms in total.